The van der Waals surface area contributed by atoms with E-state index in [9.17, 15) is 19.3 Å². The Hall–Kier alpha value is -2.78. The molecule has 3 rings (SSSR count). The number of nitro benzene ring substituents is 1. The molecule has 0 saturated carbocycles. The number of hydrogen-bond acceptors (Lipinski definition) is 6. The molecule has 138 valence electrons. The lowest BCUT2D eigenvalue weighted by atomic mass is 10.1. The molecular weight excluding hydrogens is 389 g/mol. The predicted octanol–water partition coefficient (Wildman–Crippen LogP) is 5.21. The van der Waals surface area contributed by atoms with Crippen molar-refractivity contribution in [1.82, 2.24) is 4.98 Å². The van der Waals surface area contributed by atoms with Gasteiger partial charge < -0.3 is 5.32 Å². The fourth-order valence-electron chi connectivity index (χ4n) is 2.28. The van der Waals surface area contributed by atoms with Gasteiger partial charge in [0.05, 0.1) is 9.82 Å². The predicted molar refractivity (Wildman–Crippen MR) is 103 cm³/mol. The highest BCUT2D eigenvalue weighted by Crippen LogP contribution is 2.37. The van der Waals surface area contributed by atoms with Gasteiger partial charge in [-0.25, -0.2) is 9.37 Å². The Balaban J connectivity index is 1.87. The van der Waals surface area contributed by atoms with Gasteiger partial charge in [0.1, 0.15) is 5.82 Å². The molecule has 0 radical (unpaired) electrons. The number of hydrogen-bond donors (Lipinski definition) is 1. The van der Waals surface area contributed by atoms with Crippen molar-refractivity contribution in [3.63, 3.8) is 0 Å². The summed E-state index contributed by atoms with van der Waals surface area (Å²) in [4.78, 5) is 28.0. The van der Waals surface area contributed by atoms with E-state index in [4.69, 9.17) is 0 Å². The number of nitro groups is 1. The molecule has 1 N–H and O–H groups in total. The number of aromatic nitrogens is 1. The molecule has 0 aliphatic carbocycles. The molecule has 0 atom stereocenters. The largest absolute Gasteiger partial charge is 0.322 e. The summed E-state index contributed by atoms with van der Waals surface area (Å²) in [5.74, 6) is -1.03. The van der Waals surface area contributed by atoms with Crippen molar-refractivity contribution < 1.29 is 14.1 Å². The van der Waals surface area contributed by atoms with E-state index in [0.29, 0.717) is 20.5 Å². The van der Waals surface area contributed by atoms with Crippen molar-refractivity contribution in [2.45, 2.75) is 23.1 Å². The van der Waals surface area contributed by atoms with Crippen LogP contribution in [0.4, 0.5) is 15.8 Å². The second-order valence-corrected chi connectivity index (χ2v) is 7.86. The minimum Gasteiger partial charge on any atom is -0.322 e. The molecule has 3 aromatic rings. The van der Waals surface area contributed by atoms with E-state index in [1.54, 1.807) is 13.0 Å². The van der Waals surface area contributed by atoms with Gasteiger partial charge in [0.25, 0.3) is 11.6 Å². The number of carbonyl (C=O) groups excluding carboxylic acids is 1. The van der Waals surface area contributed by atoms with Crippen molar-refractivity contribution in [2.24, 2.45) is 0 Å². The molecule has 0 unspecified atom stereocenters. The molecule has 2 aromatic carbocycles. The zero-order chi connectivity index (χ0) is 19.6. The summed E-state index contributed by atoms with van der Waals surface area (Å²) in [5.41, 5.74) is 1.78. The molecule has 0 fully saturated rings. The molecule has 0 aliphatic heterocycles. The van der Waals surface area contributed by atoms with Gasteiger partial charge in [-0.1, -0.05) is 17.8 Å². The van der Waals surface area contributed by atoms with Gasteiger partial charge in [-0.3, -0.25) is 14.9 Å². The summed E-state index contributed by atoms with van der Waals surface area (Å²) in [6, 6.07) is 8.28. The molecule has 6 nitrogen and oxygen atoms in total. The number of carbonyl (C=O) groups is 1. The van der Waals surface area contributed by atoms with Crippen LogP contribution in [0.25, 0.3) is 0 Å². The van der Waals surface area contributed by atoms with Gasteiger partial charge in [0.2, 0.25) is 0 Å². The SMILES string of the molecule is Cc1csc(Sc2ccc(C(=O)Nc3cc(F)ccc3C)cc2[N+](=O)[O-])n1. The van der Waals surface area contributed by atoms with Crippen molar-refractivity contribution in [2.75, 3.05) is 5.32 Å². The molecule has 0 aliphatic rings. The average Bonchev–Trinajstić information content (AvgIpc) is 3.03. The first-order valence-corrected chi connectivity index (χ1v) is 9.49. The van der Waals surface area contributed by atoms with Crippen LogP contribution in [0.15, 0.2) is 51.0 Å². The van der Waals surface area contributed by atoms with Gasteiger partial charge in [0.15, 0.2) is 4.34 Å². The maximum Gasteiger partial charge on any atom is 0.284 e. The van der Waals surface area contributed by atoms with Gasteiger partial charge in [0, 0.05) is 28.4 Å². The number of rotatable bonds is 5. The Labute approximate surface area is 162 Å². The molecule has 9 heteroatoms. The van der Waals surface area contributed by atoms with Gasteiger partial charge in [-0.15, -0.1) is 11.3 Å². The average molecular weight is 403 g/mol. The van der Waals surface area contributed by atoms with E-state index in [2.05, 4.69) is 10.3 Å². The fourth-order valence-corrected chi connectivity index (χ4v) is 4.16. The van der Waals surface area contributed by atoms with Crippen molar-refractivity contribution in [3.8, 4) is 0 Å². The molecule has 1 amide bonds. The normalized spacial score (nSPS) is 10.6. The maximum absolute atomic E-state index is 13.4. The van der Waals surface area contributed by atoms with E-state index in [0.717, 1.165) is 5.69 Å². The second-order valence-electron chi connectivity index (χ2n) is 5.71. The zero-order valence-corrected chi connectivity index (χ0v) is 16.0. The summed E-state index contributed by atoms with van der Waals surface area (Å²) in [6.45, 7) is 3.57. The number of benzene rings is 2. The fraction of sp³-hybridized carbons (Fsp3) is 0.111. The summed E-state index contributed by atoms with van der Waals surface area (Å²) in [5, 5.41) is 15.9. The van der Waals surface area contributed by atoms with Crippen LogP contribution in [0.2, 0.25) is 0 Å². The minimum atomic E-state index is -0.548. The Bertz CT molecular complexity index is 1040. The summed E-state index contributed by atoms with van der Waals surface area (Å²) < 4.78 is 14.1. The number of anilines is 1. The number of nitrogens with zero attached hydrogens (tertiary/aromatic N) is 2. The molecule has 0 saturated heterocycles. The zero-order valence-electron chi connectivity index (χ0n) is 14.4. The van der Waals surface area contributed by atoms with E-state index in [-0.39, 0.29) is 11.3 Å². The number of thiazole rings is 1. The van der Waals surface area contributed by atoms with E-state index in [1.807, 2.05) is 12.3 Å². The Morgan fingerprint density at radius 3 is 2.70 bits per heavy atom. The first-order valence-electron chi connectivity index (χ1n) is 7.79. The van der Waals surface area contributed by atoms with Gasteiger partial charge in [-0.2, -0.15) is 0 Å². The highest BCUT2D eigenvalue weighted by Gasteiger charge is 2.20. The van der Waals surface area contributed by atoms with Crippen LogP contribution >= 0.6 is 23.1 Å². The molecule has 0 spiro atoms. The Morgan fingerprint density at radius 1 is 1.26 bits per heavy atom. The van der Waals surface area contributed by atoms with E-state index in [1.165, 1.54) is 53.4 Å². The van der Waals surface area contributed by atoms with Crippen molar-refractivity contribution in [1.29, 1.82) is 0 Å². The van der Waals surface area contributed by atoms with Crippen LogP contribution in [0.3, 0.4) is 0 Å². The first kappa shape index (κ1) is 19.0. The van der Waals surface area contributed by atoms with Crippen molar-refractivity contribution >= 4 is 40.4 Å². The van der Waals surface area contributed by atoms with Crippen LogP contribution in [-0.2, 0) is 0 Å². The summed E-state index contributed by atoms with van der Waals surface area (Å²) >= 11 is 2.57. The van der Waals surface area contributed by atoms with Crippen molar-refractivity contribution in [3.05, 3.63) is 74.5 Å². The van der Waals surface area contributed by atoms with E-state index < -0.39 is 16.6 Å². The van der Waals surface area contributed by atoms with Gasteiger partial charge >= 0.3 is 0 Å². The molecule has 27 heavy (non-hydrogen) atoms. The monoisotopic (exact) mass is 403 g/mol. The third-order valence-electron chi connectivity index (χ3n) is 3.66. The second kappa shape index (κ2) is 7.85. The topological polar surface area (TPSA) is 85.1 Å². The lowest BCUT2D eigenvalue weighted by molar-refractivity contribution is -0.387. The van der Waals surface area contributed by atoms with Crippen LogP contribution in [0.5, 0.6) is 0 Å². The smallest absolute Gasteiger partial charge is 0.284 e. The number of halogens is 1. The molecular formula is C18H14FN3O3S2. The lowest BCUT2D eigenvalue weighted by Crippen LogP contribution is -2.13. The first-order chi connectivity index (χ1) is 12.8. The lowest BCUT2D eigenvalue weighted by Gasteiger charge is -2.09. The standard InChI is InChI=1S/C18H14FN3O3S2/c1-10-3-5-13(19)8-14(10)21-17(23)12-4-6-16(15(7-12)22(24)25)27-18-20-11(2)9-26-18/h3-9H,1-2H3,(H,21,23). The highest BCUT2D eigenvalue weighted by molar-refractivity contribution is 8.01. The van der Waals surface area contributed by atoms with Crippen LogP contribution in [0.1, 0.15) is 21.6 Å². The number of aryl methyl sites for hydroxylation is 2. The number of nitrogens with one attached hydrogen (secondary N) is 1. The van der Waals surface area contributed by atoms with Crippen LogP contribution in [-0.4, -0.2) is 15.8 Å². The molecule has 0 bridgehead atoms. The third-order valence-corrected chi connectivity index (χ3v) is 5.78. The van der Waals surface area contributed by atoms with Gasteiger partial charge in [-0.05, 0) is 43.7 Å². The van der Waals surface area contributed by atoms with Crippen LogP contribution < -0.4 is 5.32 Å². The molecule has 1 heterocycles. The molecule has 1 aromatic heterocycles. The minimum absolute atomic E-state index is 0.116. The quantitative estimate of drug-likeness (QED) is 0.467. The summed E-state index contributed by atoms with van der Waals surface area (Å²) in [6.07, 6.45) is 0. The van der Waals surface area contributed by atoms with Crippen LogP contribution in [0, 0.1) is 29.8 Å². The maximum atomic E-state index is 13.4. The Kier molecular flexibility index (Phi) is 5.52. The highest BCUT2D eigenvalue weighted by atomic mass is 32.2. The third kappa shape index (κ3) is 4.50. The number of amides is 1. The summed E-state index contributed by atoms with van der Waals surface area (Å²) in [7, 11) is 0. The van der Waals surface area contributed by atoms with E-state index >= 15 is 0 Å². The Morgan fingerprint density at radius 2 is 2.04 bits per heavy atom.